The maximum Gasteiger partial charge on any atom is 0.251 e. The van der Waals surface area contributed by atoms with Gasteiger partial charge in [0.2, 0.25) is 11.8 Å². The number of ether oxygens (including phenoxy) is 2. The molecule has 1 atom stereocenters. The highest BCUT2D eigenvalue weighted by atomic mass is 16.7. The number of allylic oxidation sites excluding steroid dienone is 1. The van der Waals surface area contributed by atoms with Gasteiger partial charge in [0.1, 0.15) is 5.92 Å². The van der Waals surface area contributed by atoms with E-state index in [4.69, 9.17) is 9.47 Å². The molecular formula is C27H31N3O5. The van der Waals surface area contributed by atoms with Crippen molar-refractivity contribution in [2.75, 3.05) is 30.5 Å². The highest BCUT2D eigenvalue weighted by molar-refractivity contribution is 6.06. The molecule has 1 fully saturated rings. The molecule has 8 heteroatoms. The van der Waals surface area contributed by atoms with E-state index in [0.29, 0.717) is 31.0 Å². The summed E-state index contributed by atoms with van der Waals surface area (Å²) in [6.07, 6.45) is 2.40. The molecule has 2 heterocycles. The van der Waals surface area contributed by atoms with Crippen molar-refractivity contribution in [3.63, 3.8) is 0 Å². The Hall–Kier alpha value is -3.49. The van der Waals surface area contributed by atoms with Crippen molar-refractivity contribution in [2.24, 2.45) is 5.41 Å². The number of hydrogen-bond acceptors (Lipinski definition) is 5. The summed E-state index contributed by atoms with van der Waals surface area (Å²) in [5, 5.41) is 5.44. The van der Waals surface area contributed by atoms with Crippen molar-refractivity contribution < 1.29 is 23.9 Å². The summed E-state index contributed by atoms with van der Waals surface area (Å²) in [4.78, 5) is 39.3. The highest BCUT2D eigenvalue weighted by Crippen LogP contribution is 2.44. The van der Waals surface area contributed by atoms with Crippen LogP contribution in [-0.2, 0) is 25.6 Å². The monoisotopic (exact) mass is 477 g/mol. The Morgan fingerprint density at radius 1 is 1.11 bits per heavy atom. The number of rotatable bonds is 6. The number of hydrogen-bond donors (Lipinski definition) is 2. The van der Waals surface area contributed by atoms with Crippen LogP contribution in [0.1, 0.15) is 48.2 Å². The minimum Gasteiger partial charge on any atom is -0.355 e. The van der Waals surface area contributed by atoms with E-state index in [1.165, 1.54) is 6.08 Å². The molecule has 4 rings (SSSR count). The molecule has 3 amide bonds. The van der Waals surface area contributed by atoms with E-state index in [1.807, 2.05) is 24.3 Å². The highest BCUT2D eigenvalue weighted by Gasteiger charge is 2.45. The molecule has 0 spiro atoms. The van der Waals surface area contributed by atoms with Crippen LogP contribution in [0, 0.1) is 5.41 Å². The zero-order valence-electron chi connectivity index (χ0n) is 20.5. The normalized spacial score (nSPS) is 19.6. The standard InChI is InChI=1S/C27H31N3O5/c1-5-6-22(31)29-19-11-12-21-20(13-19)23(26-34-15-27(2,3)16-35-26)25(33)30(21)14-17-7-9-18(10-8-17)24(32)28-4/h5-13,23,26H,14-16H2,1-4H3,(H,28,32)(H,29,31)/b6-5+. The summed E-state index contributed by atoms with van der Waals surface area (Å²) in [6, 6.07) is 12.6. The van der Waals surface area contributed by atoms with E-state index in [0.717, 1.165) is 16.8 Å². The van der Waals surface area contributed by atoms with Crippen LogP contribution in [0.15, 0.2) is 54.6 Å². The minimum atomic E-state index is -0.712. The average molecular weight is 478 g/mol. The van der Waals surface area contributed by atoms with Crippen LogP contribution in [-0.4, -0.2) is 44.3 Å². The summed E-state index contributed by atoms with van der Waals surface area (Å²) < 4.78 is 12.0. The molecule has 0 bridgehead atoms. The Morgan fingerprint density at radius 3 is 2.43 bits per heavy atom. The predicted octanol–water partition coefficient (Wildman–Crippen LogP) is 3.59. The lowest BCUT2D eigenvalue weighted by Gasteiger charge is -2.36. The second-order valence-corrected chi connectivity index (χ2v) is 9.60. The van der Waals surface area contributed by atoms with Gasteiger partial charge in [-0.1, -0.05) is 32.1 Å². The maximum atomic E-state index is 13.7. The quantitative estimate of drug-likeness (QED) is 0.620. The topological polar surface area (TPSA) is 97.0 Å². The van der Waals surface area contributed by atoms with E-state index in [9.17, 15) is 14.4 Å². The third-order valence-electron chi connectivity index (χ3n) is 6.10. The average Bonchev–Trinajstić information content (AvgIpc) is 3.10. The lowest BCUT2D eigenvalue weighted by Crippen LogP contribution is -2.43. The fraction of sp³-hybridized carbons (Fsp3) is 0.370. The molecule has 1 saturated heterocycles. The number of nitrogens with one attached hydrogen (secondary N) is 2. The van der Waals surface area contributed by atoms with Crippen molar-refractivity contribution in [1.29, 1.82) is 0 Å². The first-order chi connectivity index (χ1) is 16.7. The molecule has 184 valence electrons. The van der Waals surface area contributed by atoms with E-state index in [-0.39, 0.29) is 23.1 Å². The number of carbonyl (C=O) groups is 3. The second kappa shape index (κ2) is 10.0. The van der Waals surface area contributed by atoms with Crippen molar-refractivity contribution >= 4 is 29.1 Å². The molecule has 35 heavy (non-hydrogen) atoms. The number of amides is 3. The zero-order valence-corrected chi connectivity index (χ0v) is 20.5. The Morgan fingerprint density at radius 2 is 1.80 bits per heavy atom. The zero-order chi connectivity index (χ0) is 25.2. The summed E-state index contributed by atoms with van der Waals surface area (Å²) in [5.74, 6) is -1.18. The predicted molar refractivity (Wildman–Crippen MR) is 133 cm³/mol. The number of benzene rings is 2. The van der Waals surface area contributed by atoms with Gasteiger partial charge < -0.3 is 25.0 Å². The van der Waals surface area contributed by atoms with Crippen LogP contribution in [0.5, 0.6) is 0 Å². The van der Waals surface area contributed by atoms with Crippen molar-refractivity contribution in [2.45, 2.75) is 39.5 Å². The number of anilines is 2. The van der Waals surface area contributed by atoms with Gasteiger partial charge in [-0.25, -0.2) is 0 Å². The van der Waals surface area contributed by atoms with E-state index < -0.39 is 12.2 Å². The minimum absolute atomic E-state index is 0.128. The molecule has 8 nitrogen and oxygen atoms in total. The number of carbonyl (C=O) groups excluding carboxylic acids is 3. The Labute approximate surface area is 205 Å². The van der Waals surface area contributed by atoms with Crippen LogP contribution in [0.2, 0.25) is 0 Å². The van der Waals surface area contributed by atoms with Crippen LogP contribution in [0.25, 0.3) is 0 Å². The van der Waals surface area contributed by atoms with Crippen LogP contribution >= 0.6 is 0 Å². The molecule has 2 aliphatic rings. The van der Waals surface area contributed by atoms with Crippen LogP contribution in [0.4, 0.5) is 11.4 Å². The Kier molecular flexibility index (Phi) is 7.05. The fourth-order valence-electron chi connectivity index (χ4n) is 4.29. The first kappa shape index (κ1) is 24.6. The molecule has 2 aromatic rings. The third-order valence-corrected chi connectivity index (χ3v) is 6.10. The first-order valence-corrected chi connectivity index (χ1v) is 11.7. The lowest BCUT2D eigenvalue weighted by atomic mass is 9.93. The first-order valence-electron chi connectivity index (χ1n) is 11.7. The summed E-state index contributed by atoms with van der Waals surface area (Å²) in [5.41, 5.74) is 3.40. The van der Waals surface area contributed by atoms with Gasteiger partial charge in [0.15, 0.2) is 6.29 Å². The van der Waals surface area contributed by atoms with Crippen LogP contribution < -0.4 is 15.5 Å². The number of fused-ring (bicyclic) bond motifs is 1. The SMILES string of the molecule is C/C=C/C(=O)Nc1ccc2c(c1)C(C1OCC(C)(C)CO1)C(=O)N2Cc1ccc(C(=O)NC)cc1. The van der Waals surface area contributed by atoms with Gasteiger partial charge in [-0.3, -0.25) is 14.4 Å². The van der Waals surface area contributed by atoms with Gasteiger partial charge in [-0.05, 0) is 54.5 Å². The van der Waals surface area contributed by atoms with Gasteiger partial charge >= 0.3 is 0 Å². The lowest BCUT2D eigenvalue weighted by molar-refractivity contribution is -0.229. The van der Waals surface area contributed by atoms with E-state index in [2.05, 4.69) is 24.5 Å². The Balaban J connectivity index is 1.64. The molecular weight excluding hydrogens is 446 g/mol. The van der Waals surface area contributed by atoms with Crippen molar-refractivity contribution in [3.05, 3.63) is 71.3 Å². The molecule has 2 N–H and O–H groups in total. The second-order valence-electron chi connectivity index (χ2n) is 9.60. The molecule has 0 radical (unpaired) electrons. The molecule has 1 unspecified atom stereocenters. The number of nitrogens with zero attached hydrogens (tertiary/aromatic N) is 1. The molecule has 2 aromatic carbocycles. The maximum absolute atomic E-state index is 13.7. The molecule has 0 aliphatic carbocycles. The largest absolute Gasteiger partial charge is 0.355 e. The van der Waals surface area contributed by atoms with Gasteiger partial charge in [0, 0.05) is 29.4 Å². The van der Waals surface area contributed by atoms with Crippen LogP contribution in [0.3, 0.4) is 0 Å². The summed E-state index contributed by atoms with van der Waals surface area (Å²) in [6.45, 7) is 7.17. The fourth-order valence-corrected chi connectivity index (χ4v) is 4.29. The molecule has 2 aliphatic heterocycles. The summed E-state index contributed by atoms with van der Waals surface area (Å²) >= 11 is 0. The van der Waals surface area contributed by atoms with Gasteiger partial charge in [0.05, 0.1) is 19.8 Å². The summed E-state index contributed by atoms with van der Waals surface area (Å²) in [7, 11) is 1.59. The molecule has 0 aromatic heterocycles. The van der Waals surface area contributed by atoms with Gasteiger partial charge in [0.25, 0.3) is 5.91 Å². The van der Waals surface area contributed by atoms with Crippen molar-refractivity contribution in [1.82, 2.24) is 5.32 Å². The van der Waals surface area contributed by atoms with Crippen molar-refractivity contribution in [3.8, 4) is 0 Å². The van der Waals surface area contributed by atoms with Gasteiger partial charge in [-0.15, -0.1) is 0 Å². The third kappa shape index (κ3) is 5.28. The molecule has 0 saturated carbocycles. The smallest absolute Gasteiger partial charge is 0.251 e. The Bertz CT molecular complexity index is 1150. The van der Waals surface area contributed by atoms with E-state index >= 15 is 0 Å². The van der Waals surface area contributed by atoms with E-state index in [1.54, 1.807) is 43.1 Å². The van der Waals surface area contributed by atoms with Gasteiger partial charge in [-0.2, -0.15) is 0 Å².